The number of benzene rings is 2. The molecule has 0 unspecified atom stereocenters. The number of nitrogens with one attached hydrogen (secondary N) is 2. The van der Waals surface area contributed by atoms with E-state index >= 15 is 0 Å². The van der Waals surface area contributed by atoms with Crippen LogP contribution in [0.4, 0.5) is 11.6 Å². The van der Waals surface area contributed by atoms with Crippen molar-refractivity contribution in [1.82, 2.24) is 59.5 Å². The van der Waals surface area contributed by atoms with E-state index in [0.717, 1.165) is 0 Å². The van der Waals surface area contributed by atoms with Crippen molar-refractivity contribution in [3.05, 3.63) is 147 Å². The number of hydrogen-bond donors (Lipinski definition) is 4. The molecule has 0 atom stereocenters. The van der Waals surface area contributed by atoms with Crippen LogP contribution in [0.5, 0.6) is 0 Å². The Morgan fingerprint density at radius 1 is 0.524 bits per heavy atom. The van der Waals surface area contributed by atoms with Crippen LogP contribution >= 0.6 is 39.1 Å². The molecule has 10 rings (SSSR count). The first-order valence-corrected chi connectivity index (χ1v) is 37.1. The summed E-state index contributed by atoms with van der Waals surface area (Å²) in [6.45, 7) is 9.42. The van der Waals surface area contributed by atoms with E-state index in [2.05, 4.69) is 71.6 Å². The van der Waals surface area contributed by atoms with E-state index in [-0.39, 0.29) is 46.9 Å². The fourth-order valence-electron chi connectivity index (χ4n) is 10.4. The topological polar surface area (TPSA) is 276 Å². The first kappa shape index (κ1) is 62.7. The van der Waals surface area contributed by atoms with Crippen LogP contribution in [0.3, 0.4) is 0 Å². The average molecular weight is 1350 g/mol. The first-order chi connectivity index (χ1) is 40.6. The number of nitrogens with zero attached hydrogens (tertiary/aromatic N) is 10. The zero-order chi connectivity index (χ0) is 59.9. The van der Waals surface area contributed by atoms with Gasteiger partial charge in [-0.15, -0.1) is 0 Å². The molecule has 2 aliphatic heterocycles. The van der Waals surface area contributed by atoms with Crippen molar-refractivity contribution in [1.29, 1.82) is 0 Å². The number of aromatic amines is 2. The quantitative estimate of drug-likeness (QED) is 0.0286. The van der Waals surface area contributed by atoms with Gasteiger partial charge in [-0.2, -0.15) is 0 Å². The number of Topliss-reactive ketones (excluding diaryl/α,β-unsaturated/α-hetero) is 2. The number of carbonyl (C=O) groups excluding carboxylic acids is 6. The minimum Gasteiger partial charge on any atom is -0.382 e. The molecule has 8 aromatic rings. The number of ketones is 2. The molecule has 0 aliphatic carbocycles. The Kier molecular flexibility index (Phi) is 22.0. The normalized spacial score (nSPS) is 13.5. The molecule has 2 saturated heterocycles. The van der Waals surface area contributed by atoms with Crippen molar-refractivity contribution < 1.29 is 28.8 Å². The van der Waals surface area contributed by atoms with Crippen LogP contribution in [0.25, 0.3) is 33.2 Å². The molecule has 2 aromatic carbocycles. The summed E-state index contributed by atoms with van der Waals surface area (Å²) in [4.78, 5) is 115. The fraction of sp³-hybridized carbons (Fsp3) is 0.333. The van der Waals surface area contributed by atoms with E-state index < -0.39 is 41.8 Å². The van der Waals surface area contributed by atoms with Crippen LogP contribution in [0, 0.1) is 0 Å². The van der Waals surface area contributed by atoms with Crippen LogP contribution in [-0.4, -0.2) is 165 Å². The fourth-order valence-corrected chi connectivity index (χ4v) is 26.4. The molecule has 2 aliphatic rings. The number of halogens is 3. The monoisotopic (exact) mass is 1350 g/mol. The van der Waals surface area contributed by atoms with Gasteiger partial charge in [0.15, 0.2) is 0 Å². The van der Waals surface area contributed by atoms with E-state index in [9.17, 15) is 28.8 Å². The summed E-state index contributed by atoms with van der Waals surface area (Å²) in [5, 5.41) is 1.36. The summed E-state index contributed by atoms with van der Waals surface area (Å²) < 4.78 is 6.18. The third-order valence-electron chi connectivity index (χ3n) is 15.1. The van der Waals surface area contributed by atoms with Crippen LogP contribution < -0.4 is 15.2 Å². The van der Waals surface area contributed by atoms with Gasteiger partial charge in [-0.3, -0.25) is 33.8 Å². The van der Waals surface area contributed by atoms with E-state index in [1.165, 1.54) is 103 Å². The van der Waals surface area contributed by atoms with Crippen molar-refractivity contribution >= 4 is 130 Å². The van der Waals surface area contributed by atoms with Crippen LogP contribution in [0.15, 0.2) is 115 Å². The van der Waals surface area contributed by atoms with E-state index in [1.54, 1.807) is 52.4 Å². The molecule has 0 spiro atoms. The Morgan fingerprint density at radius 3 is 1.37 bits per heavy atom. The second kappa shape index (κ2) is 29.5. The van der Waals surface area contributed by atoms with Gasteiger partial charge in [0.1, 0.15) is 21.8 Å². The predicted molar refractivity (Wildman–Crippen MR) is 333 cm³/mol. The zero-order valence-corrected chi connectivity index (χ0v) is 53.1. The van der Waals surface area contributed by atoms with Gasteiger partial charge in [-0.1, -0.05) is 59.6 Å². The maximum atomic E-state index is 13.2. The van der Waals surface area contributed by atoms with E-state index in [4.69, 9.17) is 39.7 Å². The van der Waals surface area contributed by atoms with Crippen LogP contribution in [0.1, 0.15) is 101 Å². The number of unbranched alkanes of at least 4 members (excludes halogenated alkanes) is 3. The van der Waals surface area contributed by atoms with Crippen molar-refractivity contribution in [3.8, 4) is 11.4 Å². The summed E-state index contributed by atoms with van der Waals surface area (Å²) >= 11 is 13.5. The number of H-pyrrole nitrogens is 2. The molecule has 0 radical (unpaired) electrons. The van der Waals surface area contributed by atoms with Crippen molar-refractivity contribution in [2.45, 2.75) is 72.6 Å². The number of nitrogen functional groups attached to an aromatic ring is 2. The number of rotatable bonds is 17. The minimum absolute atomic E-state index is 0.0789. The molecule has 4 amide bonds. The molecule has 0 bridgehead atoms. The largest absolute Gasteiger partial charge is 0.382 e. The Morgan fingerprint density at radius 2 is 0.940 bits per heavy atom. The Balaban J connectivity index is 0.000000171. The minimum atomic E-state index is -2.36. The molecule has 2 fully saturated rings. The molecule has 6 aromatic heterocycles. The molecular weight excluding hydrogens is 1280 g/mol. The second-order valence-corrected chi connectivity index (χ2v) is 35.2. The zero-order valence-electron chi connectivity index (χ0n) is 47.1. The van der Waals surface area contributed by atoms with Crippen molar-refractivity contribution in [3.63, 3.8) is 0 Å². The van der Waals surface area contributed by atoms with Gasteiger partial charge >= 0.3 is 129 Å². The van der Waals surface area contributed by atoms with Gasteiger partial charge in [-0.05, 0) is 40.2 Å². The number of hydrogen-bond acceptors (Lipinski definition) is 14. The smallest absolute Gasteiger partial charge is 0.295 e. The van der Waals surface area contributed by atoms with E-state index in [0.29, 0.717) is 99.0 Å². The third-order valence-corrected chi connectivity index (χ3v) is 31.3. The number of aromatic nitrogens is 8. The number of amides is 4. The number of piperazine rings is 2. The van der Waals surface area contributed by atoms with Gasteiger partial charge < -0.3 is 35.3 Å². The predicted octanol–water partition coefficient (Wildman–Crippen LogP) is 9.68. The maximum absolute atomic E-state index is 13.2. The molecular formula is C60H67BrCl2N14O6Sn. The first-order valence-electron chi connectivity index (χ1n) is 28.1. The third kappa shape index (κ3) is 14.8. The van der Waals surface area contributed by atoms with Crippen molar-refractivity contribution in [2.24, 2.45) is 0 Å². The number of pyridine rings is 2. The Bertz CT molecular complexity index is 3580. The molecule has 0 saturated carbocycles. The summed E-state index contributed by atoms with van der Waals surface area (Å²) in [6.07, 6.45) is 20.3. The molecule has 20 nitrogen and oxygen atoms in total. The van der Waals surface area contributed by atoms with Gasteiger partial charge in [0, 0.05) is 99.0 Å². The Labute approximate surface area is 509 Å². The number of anilines is 2. The number of carbonyl (C=O) groups is 6. The maximum Gasteiger partial charge on any atom is 0.295 e. The van der Waals surface area contributed by atoms with E-state index in [1.807, 2.05) is 30.5 Å². The number of nitrogens with two attached hydrogens (primary N) is 2. The SMILES string of the molecule is CCC[CH2][Sn]([CH2]CCC)([CH2]CCC)[c]1cnc(N)cn1.Nc1cnc(-c2ncc(Cl)c3c(C(=O)C(=O)N4CCN(C(=O)c5ccccc5)CC4)c[nH]c23)cn1.O=C(C(=O)N1CCN(C(=O)c2ccccc2)CC1)c1c[nH]c2c(Br)ncc(Cl)c12. The molecule has 438 valence electrons. The molecule has 84 heavy (non-hydrogen) atoms. The summed E-state index contributed by atoms with van der Waals surface area (Å²) in [7, 11) is 0. The second-order valence-electron chi connectivity index (χ2n) is 20.6. The molecule has 24 heteroatoms. The summed E-state index contributed by atoms with van der Waals surface area (Å²) in [5.74, 6) is -1.96. The summed E-state index contributed by atoms with van der Waals surface area (Å²) in [5.41, 5.74) is 14.8. The standard InChI is InChI=1S/C24H20ClN7O3.C20H16BrClN4O3.C4H4N3.3C4H9.Sn/c25-16-11-30-20(17-12-28-18(26)13-27-17)21-19(16)15(10-29-21)22(33)24(35)32-8-6-31(7-9-32)23(34)14-4-2-1-3-5-14;21-18-16-15(14(22)11-24-18)13(10-23-16)17(27)20(29)26-8-6-25(7-9-26)19(28)12-4-2-1-3-5-12;5-4-3-6-1-2-7-4;3*1-3-4-2;/h1-5,10-13,29H,6-9H2,(H2,26,28);1-5,10-11,23H,6-9H2;2-3H,(H2,5,7);3*1,3-4H2,2H3;. The van der Waals surface area contributed by atoms with Crippen LogP contribution in [0.2, 0.25) is 23.4 Å². The van der Waals surface area contributed by atoms with Gasteiger partial charge in [0.2, 0.25) is 0 Å². The van der Waals surface area contributed by atoms with Crippen LogP contribution in [-0.2, 0) is 9.59 Å². The molecule has 6 N–H and O–H groups in total. The van der Waals surface area contributed by atoms with Gasteiger partial charge in [0.05, 0.1) is 44.6 Å². The Hall–Kier alpha value is -7.34. The van der Waals surface area contributed by atoms with Gasteiger partial charge in [-0.25, -0.2) is 15.0 Å². The molecule has 8 heterocycles. The number of fused-ring (bicyclic) bond motifs is 2. The van der Waals surface area contributed by atoms with Crippen molar-refractivity contribution in [2.75, 3.05) is 63.8 Å². The average Bonchev–Trinajstić information content (AvgIpc) is 4.38. The van der Waals surface area contributed by atoms with Gasteiger partial charge in [0.25, 0.3) is 35.2 Å². The summed E-state index contributed by atoms with van der Waals surface area (Å²) in [6, 6.07) is 18.0.